The number of aromatic nitrogens is 1. The Morgan fingerprint density at radius 2 is 1.60 bits per heavy atom. The molecule has 0 saturated heterocycles. The van der Waals surface area contributed by atoms with E-state index in [1.807, 2.05) is 12.1 Å². The molecule has 0 aliphatic carbocycles. The number of ether oxygens (including phenoxy) is 3. The normalized spacial score (nSPS) is 11.5. The lowest BCUT2D eigenvalue weighted by atomic mass is 10.0. The van der Waals surface area contributed by atoms with E-state index < -0.39 is 27.0 Å². The SMILES string of the molecule is CCCOC(=O)c1ccc(C)c(-c2ccc(OCCCCCCCCc3ccc(OC)cc3)c(/C=C/C(=O)O)n2)c1S(=O)(=O)O. The van der Waals surface area contributed by atoms with Gasteiger partial charge in [0, 0.05) is 11.6 Å². The number of carbonyl (C=O) groups excluding carboxylic acids is 1. The maximum Gasteiger partial charge on any atom is 0.339 e. The summed E-state index contributed by atoms with van der Waals surface area (Å²) in [5.41, 5.74) is 1.67. The molecule has 3 aromatic rings. The number of aliphatic carboxylic acids is 1. The summed E-state index contributed by atoms with van der Waals surface area (Å²) in [6.45, 7) is 3.87. The number of hydrogen-bond donors (Lipinski definition) is 2. The van der Waals surface area contributed by atoms with Gasteiger partial charge < -0.3 is 19.3 Å². The zero-order valence-corrected chi connectivity index (χ0v) is 26.8. The van der Waals surface area contributed by atoms with Crippen LogP contribution in [0, 0.1) is 6.92 Å². The lowest BCUT2D eigenvalue weighted by Crippen LogP contribution is -2.14. The number of carboxylic acids is 1. The van der Waals surface area contributed by atoms with E-state index in [9.17, 15) is 27.7 Å². The van der Waals surface area contributed by atoms with Crippen LogP contribution in [0.15, 0.2) is 59.5 Å². The summed E-state index contributed by atoms with van der Waals surface area (Å²) in [5.74, 6) is -0.917. The Morgan fingerprint density at radius 1 is 0.911 bits per heavy atom. The van der Waals surface area contributed by atoms with Crippen LogP contribution in [0.5, 0.6) is 11.5 Å². The molecule has 11 heteroatoms. The van der Waals surface area contributed by atoms with Gasteiger partial charge in [0.1, 0.15) is 22.1 Å². The molecule has 0 aliphatic heterocycles. The third-order valence-corrected chi connectivity index (χ3v) is 8.02. The first-order chi connectivity index (χ1) is 21.5. The lowest BCUT2D eigenvalue weighted by Gasteiger charge is -2.16. The third-order valence-electron chi connectivity index (χ3n) is 7.08. The number of carbonyl (C=O) groups is 2. The van der Waals surface area contributed by atoms with Gasteiger partial charge in [-0.2, -0.15) is 8.42 Å². The molecule has 10 nitrogen and oxygen atoms in total. The van der Waals surface area contributed by atoms with Crippen LogP contribution in [0.3, 0.4) is 0 Å². The lowest BCUT2D eigenvalue weighted by molar-refractivity contribution is -0.131. The third kappa shape index (κ3) is 10.7. The Labute approximate surface area is 264 Å². The molecule has 0 radical (unpaired) electrons. The second-order valence-corrected chi connectivity index (χ2v) is 11.9. The van der Waals surface area contributed by atoms with Crippen molar-refractivity contribution in [3.8, 4) is 22.8 Å². The fraction of sp³-hybridized carbons (Fsp3) is 0.382. The van der Waals surface area contributed by atoms with Gasteiger partial charge in [0.2, 0.25) is 0 Å². The van der Waals surface area contributed by atoms with Gasteiger partial charge >= 0.3 is 11.9 Å². The Kier molecular flexibility index (Phi) is 13.6. The highest BCUT2D eigenvalue weighted by Crippen LogP contribution is 2.35. The van der Waals surface area contributed by atoms with Crippen molar-refractivity contribution in [3.63, 3.8) is 0 Å². The van der Waals surface area contributed by atoms with Gasteiger partial charge in [-0.15, -0.1) is 0 Å². The highest BCUT2D eigenvalue weighted by atomic mass is 32.2. The average molecular weight is 640 g/mol. The minimum Gasteiger partial charge on any atom is -0.497 e. The first-order valence-corrected chi connectivity index (χ1v) is 16.5. The zero-order valence-electron chi connectivity index (χ0n) is 26.0. The summed E-state index contributed by atoms with van der Waals surface area (Å²) < 4.78 is 51.4. The molecule has 2 aromatic carbocycles. The second-order valence-electron chi connectivity index (χ2n) is 10.6. The molecule has 1 aromatic heterocycles. The van der Waals surface area contributed by atoms with Crippen molar-refractivity contribution in [2.24, 2.45) is 0 Å². The Morgan fingerprint density at radius 3 is 2.24 bits per heavy atom. The first-order valence-electron chi connectivity index (χ1n) is 15.0. The molecular weight excluding hydrogens is 598 g/mol. The van der Waals surface area contributed by atoms with Gasteiger partial charge in [0.05, 0.1) is 31.6 Å². The summed E-state index contributed by atoms with van der Waals surface area (Å²) >= 11 is 0. The average Bonchev–Trinajstić information content (AvgIpc) is 3.01. The number of methoxy groups -OCH3 is 1. The molecule has 0 atom stereocenters. The van der Waals surface area contributed by atoms with Gasteiger partial charge in [0.15, 0.2) is 0 Å². The number of pyridine rings is 1. The van der Waals surface area contributed by atoms with Crippen molar-refractivity contribution in [3.05, 3.63) is 77.0 Å². The van der Waals surface area contributed by atoms with Crippen LogP contribution in [0.4, 0.5) is 0 Å². The topological polar surface area (TPSA) is 149 Å². The number of esters is 1. The molecule has 0 fully saturated rings. The fourth-order valence-corrected chi connectivity index (χ4v) is 5.76. The molecule has 2 N–H and O–H groups in total. The van der Waals surface area contributed by atoms with E-state index in [1.54, 1.807) is 27.0 Å². The van der Waals surface area contributed by atoms with Gasteiger partial charge in [-0.05, 0) is 80.1 Å². The predicted octanol–water partition coefficient (Wildman–Crippen LogP) is 6.94. The number of aryl methyl sites for hydroxylation is 2. The van der Waals surface area contributed by atoms with E-state index in [0.29, 0.717) is 24.3 Å². The molecule has 45 heavy (non-hydrogen) atoms. The van der Waals surface area contributed by atoms with Crippen LogP contribution in [0.1, 0.15) is 79.0 Å². The van der Waals surface area contributed by atoms with E-state index in [-0.39, 0.29) is 29.1 Å². The highest BCUT2D eigenvalue weighted by Gasteiger charge is 2.28. The number of carboxylic acid groups (broad SMARTS) is 1. The van der Waals surface area contributed by atoms with Crippen LogP contribution < -0.4 is 9.47 Å². The van der Waals surface area contributed by atoms with Crippen molar-refractivity contribution in [2.45, 2.75) is 70.1 Å². The van der Waals surface area contributed by atoms with Crippen molar-refractivity contribution >= 4 is 28.1 Å². The number of rotatable bonds is 18. The highest BCUT2D eigenvalue weighted by molar-refractivity contribution is 7.86. The molecule has 0 aliphatic rings. The van der Waals surface area contributed by atoms with E-state index in [1.165, 1.54) is 29.8 Å². The summed E-state index contributed by atoms with van der Waals surface area (Å²) in [7, 11) is -3.23. The number of unbranched alkanes of at least 4 members (excludes halogenated alkanes) is 5. The molecule has 1 heterocycles. The van der Waals surface area contributed by atoms with E-state index in [0.717, 1.165) is 56.8 Å². The van der Waals surface area contributed by atoms with Crippen LogP contribution in [-0.4, -0.2) is 55.3 Å². The van der Waals surface area contributed by atoms with Crippen LogP contribution in [0.25, 0.3) is 17.3 Å². The van der Waals surface area contributed by atoms with Crippen LogP contribution in [-0.2, 0) is 26.1 Å². The van der Waals surface area contributed by atoms with E-state index in [2.05, 4.69) is 17.1 Å². The molecule has 242 valence electrons. The first kappa shape index (κ1) is 35.3. The predicted molar refractivity (Wildman–Crippen MR) is 171 cm³/mol. The summed E-state index contributed by atoms with van der Waals surface area (Å²) in [6, 6.07) is 14.0. The zero-order chi connectivity index (χ0) is 32.8. The van der Waals surface area contributed by atoms with Crippen LogP contribution in [0.2, 0.25) is 0 Å². The molecule has 3 rings (SSSR count). The van der Waals surface area contributed by atoms with Gasteiger partial charge in [-0.3, -0.25) is 4.55 Å². The molecular formula is C34H41NO9S. The molecule has 0 bridgehead atoms. The summed E-state index contributed by atoms with van der Waals surface area (Å²) in [4.78, 5) is 27.8. The Hall–Kier alpha value is -4.22. The van der Waals surface area contributed by atoms with Crippen molar-refractivity contribution in [1.29, 1.82) is 0 Å². The fourth-order valence-electron chi connectivity index (χ4n) is 4.81. The number of nitrogens with zero attached hydrogens (tertiary/aromatic N) is 1. The molecule has 0 spiro atoms. The Balaban J connectivity index is 1.68. The van der Waals surface area contributed by atoms with Crippen molar-refractivity contribution < 1.29 is 41.9 Å². The van der Waals surface area contributed by atoms with E-state index in [4.69, 9.17) is 14.2 Å². The molecule has 0 saturated carbocycles. The maximum atomic E-state index is 12.7. The molecule has 0 amide bonds. The minimum absolute atomic E-state index is 0.00645. The monoisotopic (exact) mass is 639 g/mol. The maximum absolute atomic E-state index is 12.7. The van der Waals surface area contributed by atoms with Crippen LogP contribution >= 0.6 is 0 Å². The van der Waals surface area contributed by atoms with Crippen molar-refractivity contribution in [1.82, 2.24) is 4.98 Å². The molecule has 0 unspecified atom stereocenters. The summed E-state index contributed by atoms with van der Waals surface area (Å²) in [6.07, 6.45) is 9.88. The number of hydrogen-bond acceptors (Lipinski definition) is 8. The van der Waals surface area contributed by atoms with Crippen molar-refractivity contribution in [2.75, 3.05) is 20.3 Å². The Bertz CT molecular complexity index is 1580. The van der Waals surface area contributed by atoms with Gasteiger partial charge in [0.25, 0.3) is 10.1 Å². The second kappa shape index (κ2) is 17.3. The smallest absolute Gasteiger partial charge is 0.339 e. The standard InChI is InChI=1S/C34H41NO9S/c1-4-22-44-34(38)27-17-12-24(2)32(33(27)45(39,40)41)29-18-20-30(28(35-29)19-21-31(36)37)43-23-10-8-6-5-7-9-11-25-13-15-26(42-3)16-14-25/h12-21H,4-11,22-23H2,1-3H3,(H,36,37)(H,39,40,41)/b21-19+. The quantitative estimate of drug-likeness (QED) is 0.0649. The van der Waals surface area contributed by atoms with Gasteiger partial charge in [-0.1, -0.05) is 50.8 Å². The number of benzene rings is 2. The minimum atomic E-state index is -4.89. The van der Waals surface area contributed by atoms with Gasteiger partial charge in [-0.25, -0.2) is 14.6 Å². The summed E-state index contributed by atoms with van der Waals surface area (Å²) in [5, 5.41) is 9.21. The van der Waals surface area contributed by atoms with E-state index >= 15 is 0 Å². The largest absolute Gasteiger partial charge is 0.497 e.